The van der Waals surface area contributed by atoms with Crippen molar-refractivity contribution in [3.05, 3.63) is 65.7 Å². The fourth-order valence-corrected chi connectivity index (χ4v) is 3.29. The Bertz CT molecular complexity index is 712. The normalized spacial score (nSPS) is 16.5. The van der Waals surface area contributed by atoms with Crippen LogP contribution in [-0.2, 0) is 16.1 Å². The molecule has 1 heterocycles. The lowest BCUT2D eigenvalue weighted by Crippen LogP contribution is -2.49. The molecule has 0 radical (unpaired) electrons. The average Bonchev–Trinajstić information content (AvgIpc) is 2.72. The van der Waals surface area contributed by atoms with Crippen LogP contribution in [0.3, 0.4) is 0 Å². The fourth-order valence-electron chi connectivity index (χ4n) is 3.29. The van der Waals surface area contributed by atoms with E-state index in [0.717, 1.165) is 30.0 Å². The summed E-state index contributed by atoms with van der Waals surface area (Å²) in [7, 11) is 1.67. The van der Waals surface area contributed by atoms with Gasteiger partial charge in [0.2, 0.25) is 5.91 Å². The number of benzene rings is 2. The summed E-state index contributed by atoms with van der Waals surface area (Å²) in [5.41, 5.74) is 2.16. The zero-order valence-corrected chi connectivity index (χ0v) is 16.4. The monoisotopic (exact) mass is 390 g/mol. The molecule has 146 valence electrons. The molecule has 1 N–H and O–H groups in total. The molecule has 2 aromatic rings. The molecule has 0 bridgehead atoms. The van der Waals surface area contributed by atoms with Gasteiger partial charge in [0.1, 0.15) is 5.75 Å². The highest BCUT2D eigenvalue weighted by Crippen LogP contribution is 2.30. The van der Waals surface area contributed by atoms with Gasteiger partial charge >= 0.3 is 0 Å². The molecule has 0 spiro atoms. The van der Waals surface area contributed by atoms with Gasteiger partial charge in [0.05, 0.1) is 32.8 Å². The molecule has 1 amide bonds. The Balaban J connectivity index is 0.00000261. The van der Waals surface area contributed by atoms with Crippen LogP contribution in [0.15, 0.2) is 54.6 Å². The van der Waals surface area contributed by atoms with Crippen LogP contribution in [0, 0.1) is 0 Å². The van der Waals surface area contributed by atoms with Gasteiger partial charge in [0.15, 0.2) is 0 Å². The average molecular weight is 391 g/mol. The predicted octanol–water partition coefficient (Wildman–Crippen LogP) is 3.20. The second-order valence-corrected chi connectivity index (χ2v) is 6.34. The smallest absolute Gasteiger partial charge is 0.225 e. The van der Waals surface area contributed by atoms with Gasteiger partial charge in [0, 0.05) is 25.2 Å². The largest absolute Gasteiger partial charge is 0.496 e. The molecule has 3 rings (SSSR count). The van der Waals surface area contributed by atoms with Crippen LogP contribution >= 0.6 is 12.4 Å². The van der Waals surface area contributed by atoms with Gasteiger partial charge in [0.25, 0.3) is 0 Å². The van der Waals surface area contributed by atoms with Gasteiger partial charge in [-0.1, -0.05) is 48.5 Å². The number of para-hydroxylation sites is 1. The summed E-state index contributed by atoms with van der Waals surface area (Å²) >= 11 is 0. The molecule has 2 aromatic carbocycles. The molecule has 5 nitrogen and oxygen atoms in total. The highest BCUT2D eigenvalue weighted by molar-refractivity contribution is 5.85. The maximum absolute atomic E-state index is 12.8. The zero-order valence-electron chi connectivity index (χ0n) is 15.6. The van der Waals surface area contributed by atoms with Gasteiger partial charge in [-0.05, 0) is 11.6 Å². The molecule has 1 atom stereocenters. The van der Waals surface area contributed by atoms with E-state index in [2.05, 4.69) is 5.32 Å². The first kappa shape index (κ1) is 21.2. The lowest BCUT2D eigenvalue weighted by molar-refractivity contribution is -0.135. The van der Waals surface area contributed by atoms with Crippen molar-refractivity contribution >= 4 is 18.3 Å². The minimum atomic E-state index is -0.0125. The standard InChI is InChI=1S/C21H26N2O3.ClH/c1-25-20-10-6-5-9-18(20)19-15-22-12-13-23(19)21(24)11-14-26-16-17-7-3-2-4-8-17;/h2-10,19,22H,11-16H2,1H3;1H. The van der Waals surface area contributed by atoms with Crippen molar-refractivity contribution in [3.63, 3.8) is 0 Å². The van der Waals surface area contributed by atoms with E-state index in [1.165, 1.54) is 0 Å². The van der Waals surface area contributed by atoms with E-state index in [1.54, 1.807) is 7.11 Å². The Labute approximate surface area is 167 Å². The molecule has 6 heteroatoms. The summed E-state index contributed by atoms with van der Waals surface area (Å²) in [4.78, 5) is 14.7. The second-order valence-electron chi connectivity index (χ2n) is 6.34. The van der Waals surface area contributed by atoms with Crippen LogP contribution in [0.5, 0.6) is 5.75 Å². The minimum absolute atomic E-state index is 0. The number of ether oxygens (including phenoxy) is 2. The number of rotatable bonds is 7. The Hall–Kier alpha value is -2.08. The molecular formula is C21H27ClN2O3. The van der Waals surface area contributed by atoms with Crippen LogP contribution in [0.25, 0.3) is 0 Å². The van der Waals surface area contributed by atoms with E-state index < -0.39 is 0 Å². The van der Waals surface area contributed by atoms with Gasteiger partial charge in [-0.25, -0.2) is 0 Å². The van der Waals surface area contributed by atoms with Crippen molar-refractivity contribution in [1.29, 1.82) is 0 Å². The van der Waals surface area contributed by atoms with Crippen LogP contribution < -0.4 is 10.1 Å². The van der Waals surface area contributed by atoms with E-state index in [4.69, 9.17) is 9.47 Å². The first-order chi connectivity index (χ1) is 12.8. The number of methoxy groups -OCH3 is 1. The second kappa shape index (κ2) is 10.9. The number of nitrogens with one attached hydrogen (secondary N) is 1. The Morgan fingerprint density at radius 3 is 2.67 bits per heavy atom. The summed E-state index contributed by atoms with van der Waals surface area (Å²) in [5.74, 6) is 0.940. The molecule has 1 saturated heterocycles. The lowest BCUT2D eigenvalue weighted by Gasteiger charge is -2.37. The maximum Gasteiger partial charge on any atom is 0.225 e. The number of carbonyl (C=O) groups is 1. The van der Waals surface area contributed by atoms with Crippen molar-refractivity contribution in [1.82, 2.24) is 10.2 Å². The van der Waals surface area contributed by atoms with E-state index in [1.807, 2.05) is 59.5 Å². The number of hydrogen-bond donors (Lipinski definition) is 1. The third-order valence-corrected chi connectivity index (χ3v) is 4.63. The van der Waals surface area contributed by atoms with Crippen LogP contribution in [0.2, 0.25) is 0 Å². The lowest BCUT2D eigenvalue weighted by atomic mass is 10.0. The van der Waals surface area contributed by atoms with Crippen molar-refractivity contribution in [2.75, 3.05) is 33.4 Å². The Morgan fingerprint density at radius 1 is 1.15 bits per heavy atom. The van der Waals surface area contributed by atoms with Crippen LogP contribution in [0.1, 0.15) is 23.6 Å². The predicted molar refractivity (Wildman–Crippen MR) is 108 cm³/mol. The number of hydrogen-bond acceptors (Lipinski definition) is 4. The third-order valence-electron chi connectivity index (χ3n) is 4.63. The molecule has 1 aliphatic rings. The molecule has 0 saturated carbocycles. The highest BCUT2D eigenvalue weighted by atomic mass is 35.5. The van der Waals surface area contributed by atoms with Crippen LogP contribution in [0.4, 0.5) is 0 Å². The summed E-state index contributed by atoms with van der Waals surface area (Å²) < 4.78 is 11.2. The summed E-state index contributed by atoms with van der Waals surface area (Å²) in [6.07, 6.45) is 0.387. The van der Waals surface area contributed by atoms with E-state index >= 15 is 0 Å². The Kier molecular flexibility index (Phi) is 8.58. The molecular weight excluding hydrogens is 364 g/mol. The van der Waals surface area contributed by atoms with Crippen molar-refractivity contribution in [2.24, 2.45) is 0 Å². The fraction of sp³-hybridized carbons (Fsp3) is 0.381. The summed E-state index contributed by atoms with van der Waals surface area (Å²) in [6.45, 7) is 3.20. The van der Waals surface area contributed by atoms with E-state index in [0.29, 0.717) is 26.2 Å². The van der Waals surface area contributed by atoms with Gasteiger partial charge in [-0.15, -0.1) is 12.4 Å². The number of carbonyl (C=O) groups excluding carboxylic acids is 1. The summed E-state index contributed by atoms with van der Waals surface area (Å²) in [6, 6.07) is 17.9. The number of amides is 1. The SMILES string of the molecule is COc1ccccc1C1CNCCN1C(=O)CCOCc1ccccc1.Cl. The number of nitrogens with zero attached hydrogens (tertiary/aromatic N) is 1. The van der Waals surface area contributed by atoms with E-state index in [9.17, 15) is 4.79 Å². The number of halogens is 1. The van der Waals surface area contributed by atoms with Crippen molar-refractivity contribution in [2.45, 2.75) is 19.1 Å². The molecule has 0 aliphatic carbocycles. The van der Waals surface area contributed by atoms with Gasteiger partial charge < -0.3 is 19.7 Å². The molecule has 0 aromatic heterocycles. The molecule has 1 unspecified atom stereocenters. The molecule has 1 fully saturated rings. The first-order valence-electron chi connectivity index (χ1n) is 9.04. The quantitative estimate of drug-likeness (QED) is 0.737. The topological polar surface area (TPSA) is 50.8 Å². The molecule has 27 heavy (non-hydrogen) atoms. The first-order valence-corrected chi connectivity index (χ1v) is 9.04. The van der Waals surface area contributed by atoms with Crippen molar-refractivity contribution in [3.8, 4) is 5.75 Å². The number of piperazine rings is 1. The highest BCUT2D eigenvalue weighted by Gasteiger charge is 2.29. The minimum Gasteiger partial charge on any atom is -0.496 e. The molecule has 1 aliphatic heterocycles. The van der Waals surface area contributed by atoms with Gasteiger partial charge in [-0.3, -0.25) is 4.79 Å². The zero-order chi connectivity index (χ0) is 18.2. The Morgan fingerprint density at radius 2 is 1.89 bits per heavy atom. The van der Waals surface area contributed by atoms with Crippen LogP contribution in [-0.4, -0.2) is 44.2 Å². The third kappa shape index (κ3) is 5.70. The summed E-state index contributed by atoms with van der Waals surface area (Å²) in [5, 5.41) is 3.38. The van der Waals surface area contributed by atoms with Gasteiger partial charge in [-0.2, -0.15) is 0 Å². The van der Waals surface area contributed by atoms with E-state index in [-0.39, 0.29) is 24.4 Å². The van der Waals surface area contributed by atoms with Crippen molar-refractivity contribution < 1.29 is 14.3 Å². The maximum atomic E-state index is 12.8.